The molecule has 0 unspecified atom stereocenters. The molecule has 0 fully saturated rings. The molecule has 0 saturated carbocycles. The summed E-state index contributed by atoms with van der Waals surface area (Å²) in [4.78, 5) is 10.3. The molecule has 0 aliphatic heterocycles. The van der Waals surface area contributed by atoms with Gasteiger partial charge in [-0.2, -0.15) is 0 Å². The monoisotopic (exact) mass is 388 g/mol. The van der Waals surface area contributed by atoms with E-state index < -0.39 is 11.9 Å². The molecule has 0 rings (SSSR count). The van der Waals surface area contributed by atoms with E-state index in [-0.39, 0.29) is 0 Å². The number of aliphatic hydroxyl groups is 2. The summed E-state index contributed by atoms with van der Waals surface area (Å²) < 4.78 is 4.34. The molecule has 0 aromatic rings. The Morgan fingerprint density at radius 2 is 1.26 bits per heavy atom. The molecule has 0 aliphatic rings. The van der Waals surface area contributed by atoms with E-state index in [1.165, 1.54) is 70.6 Å². The van der Waals surface area contributed by atoms with Gasteiger partial charge in [0, 0.05) is 20.0 Å². The molecular weight excluding hydrogens is 344 g/mol. The van der Waals surface area contributed by atoms with Crippen molar-refractivity contribution < 1.29 is 24.9 Å². The van der Waals surface area contributed by atoms with Crippen molar-refractivity contribution >= 4 is 5.97 Å². The minimum absolute atomic E-state index is 0.309. The molecule has 27 heavy (non-hydrogen) atoms. The predicted molar refractivity (Wildman–Crippen MR) is 112 cm³/mol. The Morgan fingerprint density at radius 1 is 0.815 bits per heavy atom. The Hall–Kier alpha value is -0.910. The number of carbonyl (C=O) groups is 1. The van der Waals surface area contributed by atoms with Gasteiger partial charge >= 0.3 is 5.97 Å². The molecule has 0 spiro atoms. The van der Waals surface area contributed by atoms with Gasteiger partial charge in [0.15, 0.2) is 0 Å². The van der Waals surface area contributed by atoms with E-state index in [0.29, 0.717) is 13.0 Å². The first-order valence-electron chi connectivity index (χ1n) is 10.8. The van der Waals surface area contributed by atoms with E-state index >= 15 is 0 Å². The number of allylic oxidation sites excluding steroid dienone is 2. The fraction of sp³-hybridized carbons (Fsp3) is 0.864. The first kappa shape index (κ1) is 28.3. The topological polar surface area (TPSA) is 87.0 Å². The standard InChI is InChI=1S/C18H34O2.C4H10O3/c1-2-3-4-5-6-7-8-9-10-11-12-13-14-15-16-17-18(19)20;1-3-7-4(2,5)6/h9-10H,2-8,11-17H2,1H3,(H,19,20);5-6H,3H2,1-2H3/b10-9-;. The van der Waals surface area contributed by atoms with Crippen molar-refractivity contribution in [1.29, 1.82) is 0 Å². The number of unbranched alkanes of at least 4 members (excludes halogenated alkanes) is 11. The van der Waals surface area contributed by atoms with Crippen LogP contribution in [0.5, 0.6) is 0 Å². The van der Waals surface area contributed by atoms with Crippen LogP contribution in [-0.4, -0.2) is 33.9 Å². The molecule has 0 aliphatic carbocycles. The zero-order valence-electron chi connectivity index (χ0n) is 17.9. The third-order valence-corrected chi connectivity index (χ3v) is 4.07. The molecule has 162 valence electrons. The summed E-state index contributed by atoms with van der Waals surface area (Å²) in [7, 11) is 0. The van der Waals surface area contributed by atoms with Crippen LogP contribution in [0.3, 0.4) is 0 Å². The van der Waals surface area contributed by atoms with Crippen LogP contribution in [0.1, 0.15) is 111 Å². The summed E-state index contributed by atoms with van der Waals surface area (Å²) in [6.45, 7) is 5.42. The fourth-order valence-corrected chi connectivity index (χ4v) is 2.62. The van der Waals surface area contributed by atoms with E-state index in [1.54, 1.807) is 6.92 Å². The number of ether oxygens (including phenoxy) is 1. The molecule has 3 N–H and O–H groups in total. The second kappa shape index (κ2) is 21.4. The zero-order valence-corrected chi connectivity index (χ0v) is 17.9. The van der Waals surface area contributed by atoms with Crippen molar-refractivity contribution in [3.63, 3.8) is 0 Å². The Bertz CT molecular complexity index is 334. The molecular formula is C22H44O5. The maximum absolute atomic E-state index is 10.3. The van der Waals surface area contributed by atoms with Gasteiger partial charge in [-0.05, 0) is 39.0 Å². The van der Waals surface area contributed by atoms with E-state index in [0.717, 1.165) is 19.8 Å². The molecule has 5 nitrogen and oxygen atoms in total. The van der Waals surface area contributed by atoms with Gasteiger partial charge in [-0.15, -0.1) is 0 Å². The molecule has 0 radical (unpaired) electrons. The molecule has 0 saturated heterocycles. The highest BCUT2D eigenvalue weighted by atomic mass is 16.8. The van der Waals surface area contributed by atoms with Crippen molar-refractivity contribution in [3.05, 3.63) is 12.2 Å². The molecule has 0 atom stereocenters. The zero-order chi connectivity index (χ0) is 20.8. The quantitative estimate of drug-likeness (QED) is 0.167. The van der Waals surface area contributed by atoms with Gasteiger partial charge in [0.1, 0.15) is 0 Å². The Balaban J connectivity index is 0. The van der Waals surface area contributed by atoms with E-state index in [9.17, 15) is 4.79 Å². The average Bonchev–Trinajstić information content (AvgIpc) is 2.57. The number of aliphatic carboxylic acids is 1. The van der Waals surface area contributed by atoms with E-state index in [4.69, 9.17) is 15.3 Å². The van der Waals surface area contributed by atoms with Gasteiger partial charge in [-0.3, -0.25) is 4.79 Å². The lowest BCUT2D eigenvalue weighted by molar-refractivity contribution is -0.323. The first-order chi connectivity index (χ1) is 12.8. The lowest BCUT2D eigenvalue weighted by Gasteiger charge is -2.13. The SMILES string of the molecule is CCCCCCCC/C=C\CCCCCCCC(=O)O.CCOC(C)(O)O. The van der Waals surface area contributed by atoms with Gasteiger partial charge in [0.05, 0.1) is 0 Å². The fourth-order valence-electron chi connectivity index (χ4n) is 2.62. The summed E-state index contributed by atoms with van der Waals surface area (Å²) in [5.41, 5.74) is 0. The van der Waals surface area contributed by atoms with Crippen molar-refractivity contribution in [2.45, 2.75) is 117 Å². The molecule has 5 heteroatoms. The smallest absolute Gasteiger partial charge is 0.303 e. The first-order valence-corrected chi connectivity index (χ1v) is 10.8. The van der Waals surface area contributed by atoms with Crippen LogP contribution in [0.2, 0.25) is 0 Å². The molecule has 0 aromatic carbocycles. The summed E-state index contributed by atoms with van der Waals surface area (Å²) in [5, 5.41) is 25.2. The Labute approximate surface area is 166 Å². The van der Waals surface area contributed by atoms with Crippen LogP contribution >= 0.6 is 0 Å². The summed E-state index contributed by atoms with van der Waals surface area (Å²) >= 11 is 0. The second-order valence-corrected chi connectivity index (χ2v) is 7.09. The van der Waals surface area contributed by atoms with Crippen LogP contribution in [-0.2, 0) is 9.53 Å². The number of carboxylic acids is 1. The van der Waals surface area contributed by atoms with Crippen LogP contribution in [0.4, 0.5) is 0 Å². The molecule has 0 heterocycles. The van der Waals surface area contributed by atoms with Crippen molar-refractivity contribution in [3.8, 4) is 0 Å². The number of rotatable bonds is 17. The van der Waals surface area contributed by atoms with Gasteiger partial charge in [-0.1, -0.05) is 70.4 Å². The van der Waals surface area contributed by atoms with Gasteiger partial charge in [0.25, 0.3) is 5.97 Å². The number of carboxylic acid groups (broad SMARTS) is 1. The van der Waals surface area contributed by atoms with Gasteiger partial charge < -0.3 is 20.1 Å². The van der Waals surface area contributed by atoms with E-state index in [2.05, 4.69) is 23.8 Å². The lowest BCUT2D eigenvalue weighted by atomic mass is 10.1. The predicted octanol–water partition coefficient (Wildman–Crippen LogP) is 5.79. The van der Waals surface area contributed by atoms with Crippen molar-refractivity contribution in [2.75, 3.05) is 6.61 Å². The maximum atomic E-state index is 10.3. The number of hydrogen-bond acceptors (Lipinski definition) is 4. The Kier molecular flexibility index (Phi) is 22.4. The van der Waals surface area contributed by atoms with Gasteiger partial charge in [0.2, 0.25) is 0 Å². The highest BCUT2D eigenvalue weighted by molar-refractivity contribution is 5.66. The average molecular weight is 389 g/mol. The summed E-state index contributed by atoms with van der Waals surface area (Å²) in [6.07, 6.45) is 21.2. The third kappa shape index (κ3) is 33.1. The van der Waals surface area contributed by atoms with E-state index in [1.807, 2.05) is 0 Å². The molecule has 0 bridgehead atoms. The second-order valence-electron chi connectivity index (χ2n) is 7.09. The normalized spacial score (nSPS) is 11.4. The van der Waals surface area contributed by atoms with Crippen LogP contribution in [0.15, 0.2) is 12.2 Å². The summed E-state index contributed by atoms with van der Waals surface area (Å²) in [5.74, 6) is -2.61. The van der Waals surface area contributed by atoms with Crippen molar-refractivity contribution in [2.24, 2.45) is 0 Å². The largest absolute Gasteiger partial charge is 0.481 e. The summed E-state index contributed by atoms with van der Waals surface area (Å²) in [6, 6.07) is 0. The number of hydrogen-bond donors (Lipinski definition) is 3. The maximum Gasteiger partial charge on any atom is 0.303 e. The van der Waals surface area contributed by atoms with Gasteiger partial charge in [-0.25, -0.2) is 0 Å². The highest BCUT2D eigenvalue weighted by Crippen LogP contribution is 2.09. The molecule has 0 aromatic heterocycles. The van der Waals surface area contributed by atoms with Crippen molar-refractivity contribution in [1.82, 2.24) is 0 Å². The Morgan fingerprint density at radius 3 is 1.63 bits per heavy atom. The third-order valence-electron chi connectivity index (χ3n) is 4.07. The van der Waals surface area contributed by atoms with Crippen LogP contribution in [0, 0.1) is 0 Å². The minimum atomic E-state index is -1.95. The molecule has 0 amide bonds. The highest BCUT2D eigenvalue weighted by Gasteiger charge is 2.12. The lowest BCUT2D eigenvalue weighted by Crippen LogP contribution is -2.26. The minimum Gasteiger partial charge on any atom is -0.481 e. The van der Waals surface area contributed by atoms with Crippen LogP contribution < -0.4 is 0 Å². The van der Waals surface area contributed by atoms with Crippen LogP contribution in [0.25, 0.3) is 0 Å².